The number of hydrogen-bond donors (Lipinski definition) is 1. The third-order valence-electron chi connectivity index (χ3n) is 4.04. The van der Waals surface area contributed by atoms with Gasteiger partial charge >= 0.3 is 5.97 Å². The zero-order valence-corrected chi connectivity index (χ0v) is 17.3. The molecule has 1 aromatic heterocycles. The van der Waals surface area contributed by atoms with Gasteiger partial charge in [-0.1, -0.05) is 11.6 Å². The lowest BCUT2D eigenvalue weighted by molar-refractivity contribution is -0.384. The number of amides is 1. The maximum atomic E-state index is 13.2. The topological polar surface area (TPSA) is 126 Å². The number of rotatable bonds is 8. The Morgan fingerprint density at radius 1 is 1.25 bits per heavy atom. The van der Waals surface area contributed by atoms with Crippen LogP contribution >= 0.6 is 11.6 Å². The summed E-state index contributed by atoms with van der Waals surface area (Å²) in [6.07, 6.45) is 1.34. The summed E-state index contributed by atoms with van der Waals surface area (Å²) in [5.74, 6) is -2.02. The summed E-state index contributed by atoms with van der Waals surface area (Å²) in [6.45, 7) is 1.22. The number of esters is 1. The summed E-state index contributed by atoms with van der Waals surface area (Å²) in [4.78, 5) is 34.7. The molecule has 0 saturated carbocycles. The second kappa shape index (κ2) is 9.88. The van der Waals surface area contributed by atoms with Crippen LogP contribution in [0.4, 0.5) is 15.8 Å². The van der Waals surface area contributed by atoms with Gasteiger partial charge in [-0.05, 0) is 37.3 Å². The van der Waals surface area contributed by atoms with Crippen LogP contribution < -0.4 is 10.1 Å². The van der Waals surface area contributed by atoms with Gasteiger partial charge in [0.25, 0.3) is 11.6 Å². The fourth-order valence-electron chi connectivity index (χ4n) is 2.58. The molecule has 3 aromatic rings. The van der Waals surface area contributed by atoms with Crippen molar-refractivity contribution in [3.8, 4) is 11.4 Å². The molecule has 0 spiro atoms. The number of carbonyl (C=O) groups excluding carboxylic acids is 2. The number of nitro groups is 1. The van der Waals surface area contributed by atoms with Crippen molar-refractivity contribution in [2.45, 2.75) is 6.92 Å². The quantitative estimate of drug-likeness (QED) is 0.307. The van der Waals surface area contributed by atoms with Crippen molar-refractivity contribution in [3.05, 3.63) is 75.3 Å². The first-order chi connectivity index (χ1) is 15.3. The van der Waals surface area contributed by atoms with Crippen LogP contribution in [0.3, 0.4) is 0 Å². The smallest absolute Gasteiger partial charge is 0.362 e. The number of nitrogens with zero attached hydrogens (tertiary/aromatic N) is 3. The Hall–Kier alpha value is -3.99. The molecule has 32 heavy (non-hydrogen) atoms. The molecule has 0 radical (unpaired) electrons. The predicted octanol–water partition coefficient (Wildman–Crippen LogP) is 3.77. The maximum absolute atomic E-state index is 13.2. The highest BCUT2D eigenvalue weighted by Gasteiger charge is 2.21. The van der Waals surface area contributed by atoms with Gasteiger partial charge in [-0.15, -0.1) is 0 Å². The van der Waals surface area contributed by atoms with Crippen LogP contribution in [-0.4, -0.2) is 39.8 Å². The Bertz CT molecular complexity index is 1170. The first-order valence-electron chi connectivity index (χ1n) is 9.17. The number of aromatic nitrogens is 2. The molecule has 0 unspecified atom stereocenters. The predicted molar refractivity (Wildman–Crippen MR) is 112 cm³/mol. The van der Waals surface area contributed by atoms with E-state index in [-0.39, 0.29) is 34.4 Å². The average Bonchev–Trinajstić information content (AvgIpc) is 3.19. The number of ether oxygens (including phenoxy) is 2. The molecule has 12 heteroatoms. The number of nitrogens with one attached hydrogen (secondary N) is 1. The molecule has 3 rings (SSSR count). The number of non-ortho nitro benzene ring substituents is 1. The van der Waals surface area contributed by atoms with Gasteiger partial charge in [-0.25, -0.2) is 13.9 Å². The molecule has 1 heterocycles. The van der Waals surface area contributed by atoms with E-state index in [4.69, 9.17) is 21.1 Å². The Balaban J connectivity index is 1.77. The number of benzene rings is 2. The average molecular weight is 463 g/mol. The zero-order valence-electron chi connectivity index (χ0n) is 16.6. The molecule has 1 N–H and O–H groups in total. The number of hydrogen-bond acceptors (Lipinski definition) is 7. The highest BCUT2D eigenvalue weighted by Crippen LogP contribution is 2.23. The summed E-state index contributed by atoms with van der Waals surface area (Å²) in [7, 11) is 0. The van der Waals surface area contributed by atoms with Crippen molar-refractivity contribution in [2.24, 2.45) is 0 Å². The number of halogens is 2. The number of carbonyl (C=O) groups is 2. The van der Waals surface area contributed by atoms with E-state index < -0.39 is 29.2 Å². The molecular weight excluding hydrogens is 447 g/mol. The van der Waals surface area contributed by atoms with E-state index in [1.165, 1.54) is 47.3 Å². The normalized spacial score (nSPS) is 10.5. The van der Waals surface area contributed by atoms with E-state index in [1.54, 1.807) is 6.92 Å². The molecule has 0 aliphatic carbocycles. The van der Waals surface area contributed by atoms with Gasteiger partial charge in [0.05, 0.1) is 28.4 Å². The molecule has 0 aliphatic rings. The molecule has 1 amide bonds. The third kappa shape index (κ3) is 5.38. The zero-order chi connectivity index (χ0) is 23.3. The summed E-state index contributed by atoms with van der Waals surface area (Å²) in [5, 5.41) is 17.3. The van der Waals surface area contributed by atoms with Gasteiger partial charge in [0, 0.05) is 17.8 Å². The lowest BCUT2D eigenvalue weighted by Crippen LogP contribution is -2.20. The first-order valence-corrected chi connectivity index (χ1v) is 9.55. The van der Waals surface area contributed by atoms with Crippen LogP contribution in [0.25, 0.3) is 5.69 Å². The Kier molecular flexibility index (Phi) is 7.00. The van der Waals surface area contributed by atoms with Crippen LogP contribution in [0.1, 0.15) is 17.4 Å². The largest absolute Gasteiger partial charge is 0.480 e. The van der Waals surface area contributed by atoms with Gasteiger partial charge in [-0.3, -0.25) is 14.9 Å². The van der Waals surface area contributed by atoms with Gasteiger partial charge in [0.2, 0.25) is 5.69 Å². The van der Waals surface area contributed by atoms with E-state index in [0.717, 1.165) is 6.07 Å². The molecule has 0 atom stereocenters. The molecule has 0 saturated heterocycles. The van der Waals surface area contributed by atoms with E-state index in [0.29, 0.717) is 5.69 Å². The van der Waals surface area contributed by atoms with Gasteiger partial charge in [-0.2, -0.15) is 5.10 Å². The lowest BCUT2D eigenvalue weighted by Gasteiger charge is -2.08. The van der Waals surface area contributed by atoms with Crippen LogP contribution in [0.15, 0.2) is 48.7 Å². The first kappa shape index (κ1) is 22.7. The number of anilines is 1. The third-order valence-corrected chi connectivity index (χ3v) is 4.33. The van der Waals surface area contributed by atoms with Crippen molar-refractivity contribution in [3.63, 3.8) is 0 Å². The Morgan fingerprint density at radius 3 is 2.59 bits per heavy atom. The van der Waals surface area contributed by atoms with Crippen LogP contribution in [0, 0.1) is 15.9 Å². The SMILES string of the molecule is CCOC(=O)c1nn(-c2ccc([N+](=O)[O-])cc2)cc1OCC(=O)Nc1ccc(F)c(Cl)c1. The fourth-order valence-corrected chi connectivity index (χ4v) is 2.76. The summed E-state index contributed by atoms with van der Waals surface area (Å²) >= 11 is 5.69. The fraction of sp³-hybridized carbons (Fsp3) is 0.150. The Labute approximate surface area is 185 Å². The summed E-state index contributed by atoms with van der Waals surface area (Å²) < 4.78 is 24.9. The van der Waals surface area contributed by atoms with Crippen LogP contribution in [-0.2, 0) is 9.53 Å². The standard InChI is InChI=1S/C20H16ClFN4O6/c1-2-31-20(28)19-17(10-25(24-19)13-4-6-14(7-5-13)26(29)30)32-11-18(27)23-12-3-8-16(22)15(21)9-12/h3-10H,2,11H2,1H3,(H,23,27). The molecule has 2 aromatic carbocycles. The molecule has 10 nitrogen and oxygen atoms in total. The van der Waals surface area contributed by atoms with Crippen molar-refractivity contribution in [1.29, 1.82) is 0 Å². The second-order valence-corrected chi connectivity index (χ2v) is 6.65. The van der Waals surface area contributed by atoms with E-state index >= 15 is 0 Å². The highest BCUT2D eigenvalue weighted by molar-refractivity contribution is 6.31. The van der Waals surface area contributed by atoms with E-state index in [2.05, 4.69) is 10.4 Å². The van der Waals surface area contributed by atoms with Crippen molar-refractivity contribution >= 4 is 34.9 Å². The Morgan fingerprint density at radius 2 is 1.97 bits per heavy atom. The van der Waals surface area contributed by atoms with E-state index in [1.807, 2.05) is 0 Å². The maximum Gasteiger partial charge on any atom is 0.362 e. The minimum atomic E-state index is -0.770. The lowest BCUT2D eigenvalue weighted by atomic mass is 10.3. The molecule has 0 bridgehead atoms. The van der Waals surface area contributed by atoms with Gasteiger partial charge < -0.3 is 14.8 Å². The van der Waals surface area contributed by atoms with Gasteiger partial charge in [0.1, 0.15) is 5.82 Å². The van der Waals surface area contributed by atoms with Crippen molar-refractivity contribution in [1.82, 2.24) is 9.78 Å². The molecule has 0 fully saturated rings. The summed E-state index contributed by atoms with van der Waals surface area (Å²) in [6, 6.07) is 9.11. The van der Waals surface area contributed by atoms with Crippen molar-refractivity contribution in [2.75, 3.05) is 18.5 Å². The molecular formula is C20H16ClFN4O6. The van der Waals surface area contributed by atoms with E-state index in [9.17, 15) is 24.1 Å². The monoisotopic (exact) mass is 462 g/mol. The van der Waals surface area contributed by atoms with Crippen LogP contribution in [0.5, 0.6) is 5.75 Å². The number of nitro benzene ring substituents is 1. The second-order valence-electron chi connectivity index (χ2n) is 6.25. The summed E-state index contributed by atoms with van der Waals surface area (Å²) in [5.41, 5.74) is 0.391. The van der Waals surface area contributed by atoms with Crippen LogP contribution in [0.2, 0.25) is 5.02 Å². The van der Waals surface area contributed by atoms with Crippen molar-refractivity contribution < 1.29 is 28.4 Å². The highest BCUT2D eigenvalue weighted by atomic mass is 35.5. The minimum absolute atomic E-state index is 0.0332. The minimum Gasteiger partial charge on any atom is -0.480 e. The molecule has 0 aliphatic heterocycles. The van der Waals surface area contributed by atoms with Gasteiger partial charge in [0.15, 0.2) is 12.4 Å². The molecule has 166 valence electrons.